The Bertz CT molecular complexity index is 985. The number of hydrogen-bond acceptors (Lipinski definition) is 4. The molecule has 0 aliphatic heterocycles. The summed E-state index contributed by atoms with van der Waals surface area (Å²) in [5, 5.41) is 5.79. The zero-order valence-electron chi connectivity index (χ0n) is 17.4. The minimum atomic E-state index is -0.403. The average molecular weight is 409 g/mol. The fraction of sp³-hybridized carbons (Fsp3) is 0.348. The molecule has 3 rings (SSSR count). The first-order chi connectivity index (χ1) is 14.6. The molecule has 0 aliphatic rings. The van der Waals surface area contributed by atoms with Crippen LogP contribution in [0.25, 0.3) is 11.0 Å². The lowest BCUT2D eigenvalue weighted by Gasteiger charge is -2.18. The Morgan fingerprint density at radius 3 is 2.57 bits per heavy atom. The van der Waals surface area contributed by atoms with E-state index in [1.807, 2.05) is 66.1 Å². The summed E-state index contributed by atoms with van der Waals surface area (Å²) in [6, 6.07) is 16.9. The molecule has 2 amide bonds. The lowest BCUT2D eigenvalue weighted by atomic mass is 10.0. The van der Waals surface area contributed by atoms with Crippen molar-refractivity contribution in [1.29, 1.82) is 0 Å². The molecule has 1 atom stereocenters. The van der Waals surface area contributed by atoms with Crippen molar-refractivity contribution in [1.82, 2.24) is 14.9 Å². The molecular formula is C23H28N4O3. The third-order valence-corrected chi connectivity index (χ3v) is 4.75. The Morgan fingerprint density at radius 1 is 1.10 bits per heavy atom. The summed E-state index contributed by atoms with van der Waals surface area (Å²) >= 11 is 0. The van der Waals surface area contributed by atoms with Crippen LogP contribution < -0.4 is 10.6 Å². The highest BCUT2D eigenvalue weighted by atomic mass is 16.5. The number of carbonyl (C=O) groups excluding carboxylic acids is 2. The second kappa shape index (κ2) is 10.5. The Morgan fingerprint density at radius 2 is 1.83 bits per heavy atom. The van der Waals surface area contributed by atoms with Gasteiger partial charge in [-0.25, -0.2) is 4.98 Å². The largest absolute Gasteiger partial charge is 0.382 e. The molecule has 0 aliphatic carbocycles. The van der Waals surface area contributed by atoms with Gasteiger partial charge in [0.1, 0.15) is 0 Å². The Kier molecular flexibility index (Phi) is 7.57. The fourth-order valence-electron chi connectivity index (χ4n) is 3.41. The number of rotatable bonds is 10. The van der Waals surface area contributed by atoms with E-state index in [1.54, 1.807) is 0 Å². The summed E-state index contributed by atoms with van der Waals surface area (Å²) < 4.78 is 7.44. The van der Waals surface area contributed by atoms with Crippen LogP contribution in [0.3, 0.4) is 0 Å². The van der Waals surface area contributed by atoms with Gasteiger partial charge in [-0.2, -0.15) is 0 Å². The van der Waals surface area contributed by atoms with Crippen molar-refractivity contribution in [2.45, 2.75) is 39.3 Å². The number of benzene rings is 2. The van der Waals surface area contributed by atoms with E-state index in [1.165, 1.54) is 6.92 Å². The van der Waals surface area contributed by atoms with Gasteiger partial charge in [0, 0.05) is 26.7 Å². The van der Waals surface area contributed by atoms with E-state index < -0.39 is 6.04 Å². The van der Waals surface area contributed by atoms with Crippen LogP contribution in [-0.2, 0) is 20.9 Å². The Labute approximate surface area is 176 Å². The maximum Gasteiger partial charge on any atom is 0.229 e. The van der Waals surface area contributed by atoms with Gasteiger partial charge in [-0.3, -0.25) is 14.9 Å². The number of carbonyl (C=O) groups is 2. The van der Waals surface area contributed by atoms with E-state index in [0.717, 1.165) is 23.0 Å². The summed E-state index contributed by atoms with van der Waals surface area (Å²) in [6.07, 6.45) is 0.932. The molecule has 0 fully saturated rings. The van der Waals surface area contributed by atoms with Crippen molar-refractivity contribution < 1.29 is 14.3 Å². The lowest BCUT2D eigenvalue weighted by molar-refractivity contribution is -0.120. The van der Waals surface area contributed by atoms with Gasteiger partial charge in [0.25, 0.3) is 0 Å². The Hall–Kier alpha value is -3.19. The van der Waals surface area contributed by atoms with Gasteiger partial charge in [0.05, 0.1) is 23.5 Å². The maximum absolute atomic E-state index is 12.8. The molecule has 0 saturated carbocycles. The molecule has 2 aromatic carbocycles. The van der Waals surface area contributed by atoms with E-state index in [9.17, 15) is 9.59 Å². The monoisotopic (exact) mass is 408 g/mol. The van der Waals surface area contributed by atoms with Gasteiger partial charge in [-0.1, -0.05) is 42.5 Å². The van der Waals surface area contributed by atoms with Crippen LogP contribution in [0.15, 0.2) is 54.6 Å². The van der Waals surface area contributed by atoms with Crippen LogP contribution in [0.5, 0.6) is 0 Å². The zero-order valence-corrected chi connectivity index (χ0v) is 17.4. The number of hydrogen-bond donors (Lipinski definition) is 2. The number of ether oxygens (including phenoxy) is 1. The quantitative estimate of drug-likeness (QED) is 0.501. The fourth-order valence-corrected chi connectivity index (χ4v) is 3.41. The van der Waals surface area contributed by atoms with Crippen molar-refractivity contribution in [3.63, 3.8) is 0 Å². The van der Waals surface area contributed by atoms with Gasteiger partial charge in [-0.15, -0.1) is 0 Å². The molecule has 7 heteroatoms. The summed E-state index contributed by atoms with van der Waals surface area (Å²) in [6.45, 7) is 5.43. The highest BCUT2D eigenvalue weighted by Gasteiger charge is 2.19. The van der Waals surface area contributed by atoms with Crippen molar-refractivity contribution >= 4 is 28.8 Å². The van der Waals surface area contributed by atoms with Crippen LogP contribution >= 0.6 is 0 Å². The normalized spacial score (nSPS) is 11.9. The molecule has 1 aromatic heterocycles. The van der Waals surface area contributed by atoms with E-state index in [4.69, 9.17) is 4.74 Å². The molecule has 158 valence electrons. The van der Waals surface area contributed by atoms with Crippen LogP contribution in [0, 0.1) is 0 Å². The number of amides is 2. The number of para-hydroxylation sites is 2. The van der Waals surface area contributed by atoms with E-state index in [2.05, 4.69) is 15.6 Å². The number of aryl methyl sites for hydroxylation is 1. The van der Waals surface area contributed by atoms with E-state index in [0.29, 0.717) is 25.7 Å². The lowest BCUT2D eigenvalue weighted by Crippen LogP contribution is -2.30. The molecule has 0 bridgehead atoms. The standard InChI is InChI=1S/C23H28N4O3/c1-3-30-15-9-14-27-21-13-8-7-12-19(21)25-23(27)26-22(29)16-20(24-17(2)28)18-10-5-4-6-11-18/h4-8,10-13,20H,3,9,14-16H2,1-2H3,(H,24,28)(H,25,26,29). The van der Waals surface area contributed by atoms with Crippen LogP contribution in [0.4, 0.5) is 5.95 Å². The van der Waals surface area contributed by atoms with Crippen LogP contribution in [-0.4, -0.2) is 34.6 Å². The molecule has 0 saturated heterocycles. The second-order valence-corrected chi connectivity index (χ2v) is 7.04. The number of imidazole rings is 1. The van der Waals surface area contributed by atoms with Crippen molar-refractivity contribution in [3.05, 3.63) is 60.2 Å². The van der Waals surface area contributed by atoms with Crippen LogP contribution in [0.1, 0.15) is 38.3 Å². The van der Waals surface area contributed by atoms with Gasteiger partial charge in [0.15, 0.2) is 0 Å². The van der Waals surface area contributed by atoms with Gasteiger partial charge in [0.2, 0.25) is 17.8 Å². The summed E-state index contributed by atoms with van der Waals surface area (Å²) in [5.74, 6) is 0.117. The van der Waals surface area contributed by atoms with Crippen LogP contribution in [0.2, 0.25) is 0 Å². The predicted octanol–water partition coefficient (Wildman–Crippen LogP) is 3.67. The molecule has 7 nitrogen and oxygen atoms in total. The highest BCUT2D eigenvalue weighted by molar-refractivity contribution is 5.92. The summed E-state index contributed by atoms with van der Waals surface area (Å²) in [7, 11) is 0. The molecule has 2 N–H and O–H groups in total. The predicted molar refractivity (Wildman–Crippen MR) is 117 cm³/mol. The van der Waals surface area contributed by atoms with Crippen molar-refractivity contribution in [3.8, 4) is 0 Å². The molecule has 0 radical (unpaired) electrons. The first kappa shape index (κ1) is 21.5. The maximum atomic E-state index is 12.8. The van der Waals surface area contributed by atoms with E-state index >= 15 is 0 Å². The van der Waals surface area contributed by atoms with Crippen molar-refractivity contribution in [2.24, 2.45) is 0 Å². The molecule has 1 heterocycles. The SMILES string of the molecule is CCOCCCn1c(NC(=O)CC(NC(C)=O)c2ccccc2)nc2ccccc21. The van der Waals surface area contributed by atoms with Gasteiger partial charge in [-0.05, 0) is 31.0 Å². The first-order valence-electron chi connectivity index (χ1n) is 10.2. The van der Waals surface area contributed by atoms with Gasteiger partial charge >= 0.3 is 0 Å². The third-order valence-electron chi connectivity index (χ3n) is 4.75. The highest BCUT2D eigenvalue weighted by Crippen LogP contribution is 2.22. The number of anilines is 1. The summed E-state index contributed by atoms with van der Waals surface area (Å²) in [4.78, 5) is 29.1. The van der Waals surface area contributed by atoms with Gasteiger partial charge < -0.3 is 14.6 Å². The topological polar surface area (TPSA) is 85.2 Å². The number of fused-ring (bicyclic) bond motifs is 1. The molecule has 30 heavy (non-hydrogen) atoms. The second-order valence-electron chi connectivity index (χ2n) is 7.04. The minimum absolute atomic E-state index is 0.117. The zero-order chi connectivity index (χ0) is 21.3. The molecular weight excluding hydrogens is 380 g/mol. The molecule has 3 aromatic rings. The molecule has 0 spiro atoms. The summed E-state index contributed by atoms with van der Waals surface area (Å²) in [5.41, 5.74) is 2.67. The third kappa shape index (κ3) is 5.67. The average Bonchev–Trinajstić information content (AvgIpc) is 3.08. The first-order valence-corrected chi connectivity index (χ1v) is 10.2. The number of nitrogens with one attached hydrogen (secondary N) is 2. The smallest absolute Gasteiger partial charge is 0.229 e. The van der Waals surface area contributed by atoms with Crippen molar-refractivity contribution in [2.75, 3.05) is 18.5 Å². The van der Waals surface area contributed by atoms with E-state index in [-0.39, 0.29) is 18.2 Å². The minimum Gasteiger partial charge on any atom is -0.382 e. The number of nitrogens with zero attached hydrogens (tertiary/aromatic N) is 2. The molecule has 1 unspecified atom stereocenters. The number of aromatic nitrogens is 2. The Balaban J connectivity index is 1.76.